The number of hydrogen-bond donors (Lipinski definition) is 1. The van der Waals surface area contributed by atoms with Crippen molar-refractivity contribution in [2.75, 3.05) is 7.05 Å². The van der Waals surface area contributed by atoms with Gasteiger partial charge in [0.2, 0.25) is 0 Å². The Bertz CT molecular complexity index is 168. The Balaban J connectivity index is 2.42. The van der Waals surface area contributed by atoms with Crippen molar-refractivity contribution in [3.8, 4) is 0 Å². The Hall–Kier alpha value is -0.790. The summed E-state index contributed by atoms with van der Waals surface area (Å²) in [5.74, 6) is 0.252. The highest BCUT2D eigenvalue weighted by Crippen LogP contribution is 2.45. The van der Waals surface area contributed by atoms with E-state index in [0.29, 0.717) is 0 Å². The van der Waals surface area contributed by atoms with E-state index in [2.05, 4.69) is 5.32 Å². The molecule has 0 aromatic heterocycles. The average Bonchev–Trinajstić information content (AvgIpc) is 2.64. The molecule has 0 aromatic rings. The van der Waals surface area contributed by atoms with Crippen molar-refractivity contribution in [2.45, 2.75) is 19.8 Å². The van der Waals surface area contributed by atoms with Gasteiger partial charge in [0.1, 0.15) is 0 Å². The van der Waals surface area contributed by atoms with E-state index in [0.717, 1.165) is 12.8 Å². The van der Waals surface area contributed by atoms with Crippen LogP contribution in [-0.2, 0) is 4.79 Å². The van der Waals surface area contributed by atoms with Crippen molar-refractivity contribution in [2.24, 2.45) is 5.41 Å². The predicted octanol–water partition coefficient (Wildman–Crippen LogP) is 1.09. The third-order valence-electron chi connectivity index (χ3n) is 2.00. The van der Waals surface area contributed by atoms with Crippen molar-refractivity contribution >= 4 is 5.78 Å². The lowest BCUT2D eigenvalue weighted by atomic mass is 10.0. The van der Waals surface area contributed by atoms with Gasteiger partial charge in [-0.2, -0.15) is 0 Å². The zero-order valence-electron chi connectivity index (χ0n) is 6.48. The first-order chi connectivity index (χ1) is 4.69. The molecule has 0 radical (unpaired) electrons. The molecule has 2 nitrogen and oxygen atoms in total. The summed E-state index contributed by atoms with van der Waals surface area (Å²) in [4.78, 5) is 11.2. The minimum atomic E-state index is -0.00660. The summed E-state index contributed by atoms with van der Waals surface area (Å²) in [5, 5.41) is 2.80. The van der Waals surface area contributed by atoms with Crippen LogP contribution in [0, 0.1) is 5.41 Å². The van der Waals surface area contributed by atoms with E-state index in [1.165, 1.54) is 0 Å². The normalized spacial score (nSPS) is 21.0. The van der Waals surface area contributed by atoms with Crippen molar-refractivity contribution in [1.29, 1.82) is 0 Å². The minimum Gasteiger partial charge on any atom is -0.394 e. The van der Waals surface area contributed by atoms with E-state index in [4.69, 9.17) is 0 Å². The summed E-state index contributed by atoms with van der Waals surface area (Å²) in [7, 11) is 1.79. The van der Waals surface area contributed by atoms with E-state index in [-0.39, 0.29) is 11.2 Å². The van der Waals surface area contributed by atoms with Crippen LogP contribution in [0.5, 0.6) is 0 Å². The number of hydrogen-bond acceptors (Lipinski definition) is 2. The lowest BCUT2D eigenvalue weighted by Gasteiger charge is -1.99. The van der Waals surface area contributed by atoms with Crippen molar-refractivity contribution in [1.82, 2.24) is 5.32 Å². The third kappa shape index (κ3) is 1.38. The first-order valence-electron chi connectivity index (χ1n) is 3.57. The highest BCUT2D eigenvalue weighted by atomic mass is 16.1. The maximum absolute atomic E-state index is 11.2. The summed E-state index contributed by atoms with van der Waals surface area (Å²) < 4.78 is 0. The Morgan fingerprint density at radius 2 is 2.20 bits per heavy atom. The molecule has 0 aromatic carbocycles. The van der Waals surface area contributed by atoms with Crippen LogP contribution in [0.15, 0.2) is 12.3 Å². The molecule has 2 heteroatoms. The van der Waals surface area contributed by atoms with Gasteiger partial charge < -0.3 is 5.32 Å². The van der Waals surface area contributed by atoms with Crippen LogP contribution < -0.4 is 5.32 Å². The first-order valence-corrected chi connectivity index (χ1v) is 3.57. The molecule has 1 rings (SSSR count). The highest BCUT2D eigenvalue weighted by molar-refractivity contribution is 5.96. The maximum atomic E-state index is 11.2. The molecule has 1 N–H and O–H groups in total. The quantitative estimate of drug-likeness (QED) is 0.593. The lowest BCUT2D eigenvalue weighted by molar-refractivity contribution is -0.118. The fourth-order valence-corrected chi connectivity index (χ4v) is 0.794. The topological polar surface area (TPSA) is 29.1 Å². The molecule has 1 fully saturated rings. The molecule has 0 aliphatic heterocycles. The van der Waals surface area contributed by atoms with E-state index in [9.17, 15) is 4.79 Å². The van der Waals surface area contributed by atoms with Gasteiger partial charge in [-0.1, -0.05) is 6.92 Å². The van der Waals surface area contributed by atoms with E-state index in [1.807, 2.05) is 6.92 Å². The molecule has 1 aliphatic carbocycles. The molecule has 0 saturated heterocycles. The highest BCUT2D eigenvalue weighted by Gasteiger charge is 2.42. The van der Waals surface area contributed by atoms with Crippen LogP contribution in [0.1, 0.15) is 19.8 Å². The van der Waals surface area contributed by atoms with Crippen molar-refractivity contribution in [3.63, 3.8) is 0 Å². The van der Waals surface area contributed by atoms with E-state index >= 15 is 0 Å². The number of ketones is 1. The molecule has 10 heavy (non-hydrogen) atoms. The monoisotopic (exact) mass is 139 g/mol. The fourth-order valence-electron chi connectivity index (χ4n) is 0.794. The molecule has 0 heterocycles. The van der Waals surface area contributed by atoms with Crippen LogP contribution in [0.2, 0.25) is 0 Å². The first kappa shape index (κ1) is 7.32. The van der Waals surface area contributed by atoms with Crippen molar-refractivity contribution < 1.29 is 4.79 Å². The van der Waals surface area contributed by atoms with Gasteiger partial charge in [-0.3, -0.25) is 4.79 Å². The van der Waals surface area contributed by atoms with Crippen LogP contribution in [0.25, 0.3) is 0 Å². The standard InChI is InChI=1S/C8H13NO/c1-8(4-5-8)7(10)3-6-9-2/h3,6,9H,4-5H2,1-2H3/b6-3+. The van der Waals surface area contributed by atoms with Gasteiger partial charge in [-0.15, -0.1) is 0 Å². The number of allylic oxidation sites excluding steroid dienone is 1. The third-order valence-corrected chi connectivity index (χ3v) is 2.00. The SMILES string of the molecule is CN/C=C/C(=O)C1(C)CC1. The largest absolute Gasteiger partial charge is 0.394 e. The number of nitrogens with one attached hydrogen (secondary N) is 1. The second kappa shape index (κ2) is 2.45. The summed E-state index contributed by atoms with van der Waals surface area (Å²) in [5.41, 5.74) is -0.00660. The maximum Gasteiger partial charge on any atom is 0.162 e. The Morgan fingerprint density at radius 3 is 2.60 bits per heavy atom. The van der Waals surface area contributed by atoms with Crippen LogP contribution >= 0.6 is 0 Å². The van der Waals surface area contributed by atoms with Gasteiger partial charge in [0.15, 0.2) is 5.78 Å². The second-order valence-electron chi connectivity index (χ2n) is 3.05. The Morgan fingerprint density at radius 1 is 1.60 bits per heavy atom. The van der Waals surface area contributed by atoms with Gasteiger partial charge in [0.05, 0.1) is 0 Å². The summed E-state index contributed by atoms with van der Waals surface area (Å²) in [6.07, 6.45) is 5.42. The molecular formula is C8H13NO. The van der Waals surface area contributed by atoms with E-state index < -0.39 is 0 Å². The fraction of sp³-hybridized carbons (Fsp3) is 0.625. The zero-order valence-corrected chi connectivity index (χ0v) is 6.48. The number of rotatable bonds is 3. The number of carbonyl (C=O) groups excluding carboxylic acids is 1. The van der Waals surface area contributed by atoms with Crippen LogP contribution in [0.3, 0.4) is 0 Å². The smallest absolute Gasteiger partial charge is 0.162 e. The summed E-state index contributed by atoms with van der Waals surface area (Å²) in [6, 6.07) is 0. The molecule has 0 atom stereocenters. The van der Waals surface area contributed by atoms with Crippen LogP contribution in [-0.4, -0.2) is 12.8 Å². The Kier molecular flexibility index (Phi) is 1.79. The van der Waals surface area contributed by atoms with Gasteiger partial charge in [-0.25, -0.2) is 0 Å². The second-order valence-corrected chi connectivity index (χ2v) is 3.05. The average molecular weight is 139 g/mol. The predicted molar refractivity (Wildman–Crippen MR) is 40.5 cm³/mol. The van der Waals surface area contributed by atoms with Gasteiger partial charge >= 0.3 is 0 Å². The minimum absolute atomic E-state index is 0.00660. The summed E-state index contributed by atoms with van der Waals surface area (Å²) >= 11 is 0. The zero-order chi connectivity index (χ0) is 7.61. The number of carbonyl (C=O) groups is 1. The Labute approximate surface area is 61.3 Å². The molecule has 1 saturated carbocycles. The molecular weight excluding hydrogens is 126 g/mol. The lowest BCUT2D eigenvalue weighted by Crippen LogP contribution is -2.08. The molecule has 0 spiro atoms. The molecule has 56 valence electrons. The summed E-state index contributed by atoms with van der Waals surface area (Å²) in [6.45, 7) is 2.01. The molecule has 0 amide bonds. The van der Waals surface area contributed by atoms with Gasteiger partial charge in [0.25, 0.3) is 0 Å². The van der Waals surface area contributed by atoms with E-state index in [1.54, 1.807) is 19.3 Å². The van der Waals surface area contributed by atoms with Crippen molar-refractivity contribution in [3.05, 3.63) is 12.3 Å². The molecule has 1 aliphatic rings. The van der Waals surface area contributed by atoms with Crippen LogP contribution in [0.4, 0.5) is 0 Å². The van der Waals surface area contributed by atoms with Gasteiger partial charge in [0, 0.05) is 12.5 Å². The van der Waals surface area contributed by atoms with Gasteiger partial charge in [-0.05, 0) is 25.1 Å². The molecule has 0 unspecified atom stereocenters. The molecule has 0 bridgehead atoms.